The topological polar surface area (TPSA) is 66.8 Å². The summed E-state index contributed by atoms with van der Waals surface area (Å²) in [6.45, 7) is 0.391. The van der Waals surface area contributed by atoms with E-state index in [-0.39, 0.29) is 23.1 Å². The summed E-state index contributed by atoms with van der Waals surface area (Å²) in [5, 5.41) is 9.01. The highest BCUT2D eigenvalue weighted by Crippen LogP contribution is 2.21. The first-order chi connectivity index (χ1) is 9.45. The number of aliphatic hydroxyl groups is 1. The van der Waals surface area contributed by atoms with Gasteiger partial charge < -0.3 is 9.84 Å². The number of hydrogen-bond donors (Lipinski definition) is 1. The molecule has 1 heterocycles. The lowest BCUT2D eigenvalue weighted by Gasteiger charge is -2.20. The molecule has 5 nitrogen and oxygen atoms in total. The molecule has 0 radical (unpaired) electrons. The molecule has 0 spiro atoms. The molecule has 1 aliphatic heterocycles. The van der Waals surface area contributed by atoms with Crippen LogP contribution in [0.3, 0.4) is 0 Å². The lowest BCUT2D eigenvalue weighted by molar-refractivity contribution is 0.0979. The second kappa shape index (κ2) is 6.17. The van der Waals surface area contributed by atoms with Gasteiger partial charge in [-0.05, 0) is 31.0 Å². The van der Waals surface area contributed by atoms with Gasteiger partial charge in [0.15, 0.2) is 0 Å². The molecule has 1 unspecified atom stereocenters. The Hall–Kier alpha value is -1.02. The van der Waals surface area contributed by atoms with Gasteiger partial charge in [-0.2, -0.15) is 4.31 Å². The zero-order valence-corrected chi connectivity index (χ0v) is 12.1. The molecule has 1 aromatic carbocycles. The Balaban J connectivity index is 2.20. The molecule has 20 heavy (non-hydrogen) atoms. The van der Waals surface area contributed by atoms with Crippen molar-refractivity contribution in [2.75, 3.05) is 20.2 Å². The summed E-state index contributed by atoms with van der Waals surface area (Å²) < 4.78 is 44.6. The lowest BCUT2D eigenvalue weighted by Crippen LogP contribution is -2.34. The Kier molecular flexibility index (Phi) is 4.74. The maximum Gasteiger partial charge on any atom is 0.242 e. The molecule has 1 atom stereocenters. The number of ether oxygens (including phenoxy) is 1. The SMILES string of the molecule is CN(CC1CCCO1)S(=O)(=O)c1ccc(F)c(CO)c1. The first-order valence-corrected chi connectivity index (χ1v) is 7.86. The standard InChI is InChI=1S/C13H18FNO4S/c1-15(8-11-3-2-6-19-11)20(17,18)12-4-5-13(14)10(7-12)9-16/h4-5,7,11,16H,2-3,6,8-9H2,1H3. The quantitative estimate of drug-likeness (QED) is 0.885. The lowest BCUT2D eigenvalue weighted by atomic mass is 10.2. The van der Waals surface area contributed by atoms with Gasteiger partial charge in [-0.3, -0.25) is 0 Å². The van der Waals surface area contributed by atoms with Crippen LogP contribution in [0.15, 0.2) is 23.1 Å². The molecule has 1 aliphatic rings. The highest BCUT2D eigenvalue weighted by atomic mass is 32.2. The number of nitrogens with zero attached hydrogens (tertiary/aromatic N) is 1. The molecule has 1 N–H and O–H groups in total. The minimum Gasteiger partial charge on any atom is -0.392 e. The molecular weight excluding hydrogens is 285 g/mol. The normalized spacial score (nSPS) is 19.7. The highest BCUT2D eigenvalue weighted by Gasteiger charge is 2.26. The molecule has 0 amide bonds. The van der Waals surface area contributed by atoms with Crippen molar-refractivity contribution in [1.29, 1.82) is 0 Å². The second-order valence-corrected chi connectivity index (χ2v) is 6.88. The summed E-state index contributed by atoms with van der Waals surface area (Å²) >= 11 is 0. The zero-order chi connectivity index (χ0) is 14.8. The maximum atomic E-state index is 13.3. The van der Waals surface area contributed by atoms with Gasteiger partial charge in [-0.15, -0.1) is 0 Å². The van der Waals surface area contributed by atoms with Crippen LogP contribution < -0.4 is 0 Å². The Morgan fingerprint density at radius 1 is 1.50 bits per heavy atom. The molecule has 0 aromatic heterocycles. The van der Waals surface area contributed by atoms with Crippen LogP contribution >= 0.6 is 0 Å². The van der Waals surface area contributed by atoms with E-state index >= 15 is 0 Å². The summed E-state index contributed by atoms with van der Waals surface area (Å²) in [4.78, 5) is -0.0246. The molecule has 7 heteroatoms. The van der Waals surface area contributed by atoms with Gasteiger partial charge in [0.2, 0.25) is 10.0 Å². The maximum absolute atomic E-state index is 13.3. The molecule has 112 valence electrons. The molecule has 0 aliphatic carbocycles. The van der Waals surface area contributed by atoms with Crippen LogP contribution in [0.2, 0.25) is 0 Å². The Morgan fingerprint density at radius 2 is 2.25 bits per heavy atom. The summed E-state index contributed by atoms with van der Waals surface area (Å²) in [7, 11) is -2.23. The van der Waals surface area contributed by atoms with Gasteiger partial charge in [0.25, 0.3) is 0 Å². The van der Waals surface area contributed by atoms with E-state index in [1.54, 1.807) is 0 Å². The third-order valence-electron chi connectivity index (χ3n) is 3.38. The van der Waals surface area contributed by atoms with E-state index in [9.17, 15) is 12.8 Å². The highest BCUT2D eigenvalue weighted by molar-refractivity contribution is 7.89. The minimum atomic E-state index is -3.70. The first-order valence-electron chi connectivity index (χ1n) is 6.42. The van der Waals surface area contributed by atoms with Gasteiger partial charge in [0.05, 0.1) is 17.6 Å². The van der Waals surface area contributed by atoms with Crippen molar-refractivity contribution in [2.45, 2.75) is 30.4 Å². The summed E-state index contributed by atoms with van der Waals surface area (Å²) in [6, 6.07) is 3.42. The van der Waals surface area contributed by atoms with E-state index in [4.69, 9.17) is 9.84 Å². The Labute approximate surface area is 118 Å². The van der Waals surface area contributed by atoms with Crippen molar-refractivity contribution in [3.63, 3.8) is 0 Å². The molecule has 1 aromatic rings. The van der Waals surface area contributed by atoms with Crippen LogP contribution in [0, 0.1) is 5.82 Å². The number of halogens is 1. The molecule has 0 saturated carbocycles. The van der Waals surface area contributed by atoms with E-state index < -0.39 is 22.4 Å². The Bertz CT molecular complexity index is 570. The molecular formula is C13H18FNO4S. The fourth-order valence-electron chi connectivity index (χ4n) is 2.19. The fraction of sp³-hybridized carbons (Fsp3) is 0.538. The average molecular weight is 303 g/mol. The van der Waals surface area contributed by atoms with Gasteiger partial charge >= 0.3 is 0 Å². The van der Waals surface area contributed by atoms with Crippen molar-refractivity contribution in [1.82, 2.24) is 4.31 Å². The number of benzene rings is 1. The van der Waals surface area contributed by atoms with Crippen molar-refractivity contribution >= 4 is 10.0 Å². The van der Waals surface area contributed by atoms with Gasteiger partial charge in [0.1, 0.15) is 5.82 Å². The Morgan fingerprint density at radius 3 is 2.85 bits per heavy atom. The van der Waals surface area contributed by atoms with E-state index in [1.807, 2.05) is 0 Å². The van der Waals surface area contributed by atoms with E-state index in [0.717, 1.165) is 25.0 Å². The number of likely N-dealkylation sites (N-methyl/N-ethyl adjacent to an activating group) is 1. The van der Waals surface area contributed by atoms with Crippen molar-refractivity contribution in [3.8, 4) is 0 Å². The summed E-state index contributed by atoms with van der Waals surface area (Å²) in [6.07, 6.45) is 1.68. The van der Waals surface area contributed by atoms with Crippen LogP contribution in [-0.4, -0.2) is 44.1 Å². The van der Waals surface area contributed by atoms with Crippen LogP contribution in [0.4, 0.5) is 4.39 Å². The largest absolute Gasteiger partial charge is 0.392 e. The van der Waals surface area contributed by atoms with E-state index in [2.05, 4.69) is 0 Å². The molecule has 1 fully saturated rings. The van der Waals surface area contributed by atoms with Crippen LogP contribution in [0.5, 0.6) is 0 Å². The first kappa shape index (κ1) is 15.4. The molecule has 1 saturated heterocycles. The van der Waals surface area contributed by atoms with Gasteiger partial charge in [-0.25, -0.2) is 12.8 Å². The van der Waals surface area contributed by atoms with Crippen molar-refractivity contribution < 1.29 is 22.7 Å². The van der Waals surface area contributed by atoms with Crippen molar-refractivity contribution in [3.05, 3.63) is 29.6 Å². The number of sulfonamides is 1. The number of rotatable bonds is 5. The van der Waals surface area contributed by atoms with E-state index in [1.165, 1.54) is 17.4 Å². The predicted molar refractivity (Wildman–Crippen MR) is 71.1 cm³/mol. The van der Waals surface area contributed by atoms with Gasteiger partial charge in [-0.1, -0.05) is 0 Å². The van der Waals surface area contributed by atoms with Gasteiger partial charge in [0, 0.05) is 25.8 Å². The molecule has 0 bridgehead atoms. The third-order valence-corrected chi connectivity index (χ3v) is 5.20. The summed E-state index contributed by atoms with van der Waals surface area (Å²) in [5.41, 5.74) is -0.0309. The monoisotopic (exact) mass is 303 g/mol. The molecule has 2 rings (SSSR count). The van der Waals surface area contributed by atoms with Crippen LogP contribution in [0.25, 0.3) is 0 Å². The number of hydrogen-bond acceptors (Lipinski definition) is 4. The van der Waals surface area contributed by atoms with Crippen LogP contribution in [-0.2, 0) is 21.4 Å². The smallest absolute Gasteiger partial charge is 0.242 e. The van der Waals surface area contributed by atoms with Crippen molar-refractivity contribution in [2.24, 2.45) is 0 Å². The number of aliphatic hydroxyl groups excluding tert-OH is 1. The zero-order valence-electron chi connectivity index (χ0n) is 11.3. The second-order valence-electron chi connectivity index (χ2n) is 4.83. The summed E-state index contributed by atoms with van der Waals surface area (Å²) in [5.74, 6) is -0.617. The van der Waals surface area contributed by atoms with E-state index in [0.29, 0.717) is 6.61 Å². The van der Waals surface area contributed by atoms with Crippen LogP contribution in [0.1, 0.15) is 18.4 Å². The third kappa shape index (κ3) is 3.17. The predicted octanol–water partition coefficient (Wildman–Crippen LogP) is 1.12. The fourth-order valence-corrected chi connectivity index (χ4v) is 3.44. The average Bonchev–Trinajstić information content (AvgIpc) is 2.91. The minimum absolute atomic E-state index is 0.0246.